The van der Waals surface area contributed by atoms with Crippen LogP contribution in [0.3, 0.4) is 0 Å². The lowest BCUT2D eigenvalue weighted by Crippen LogP contribution is -2.45. The maximum absolute atomic E-state index is 14.6. The molecule has 2 atom stereocenters. The van der Waals surface area contributed by atoms with Crippen LogP contribution in [0.5, 0.6) is 5.75 Å². The van der Waals surface area contributed by atoms with Crippen LogP contribution in [-0.2, 0) is 4.74 Å². The van der Waals surface area contributed by atoms with Crippen LogP contribution in [-0.4, -0.2) is 58.6 Å². The Balaban J connectivity index is 1.88. The molecule has 2 aromatic carbocycles. The minimum absolute atomic E-state index is 0.0648. The summed E-state index contributed by atoms with van der Waals surface area (Å²) in [5, 5.41) is 23.0. The SMILES string of the molecule is COCCC1[C@H](NC(=O)O)CCN1c1nc(-c2c(O)cccc2F)nc2cc(C)ccc12. The molecule has 1 amide bonds. The normalized spacial score (nSPS) is 18.3. The molecule has 1 aliphatic rings. The van der Waals surface area contributed by atoms with Crippen molar-refractivity contribution in [3.05, 3.63) is 47.8 Å². The van der Waals surface area contributed by atoms with E-state index in [9.17, 15) is 19.4 Å². The van der Waals surface area contributed by atoms with Gasteiger partial charge in [-0.1, -0.05) is 12.1 Å². The number of amides is 1. The Kier molecular flexibility index (Phi) is 6.09. The fourth-order valence-corrected chi connectivity index (χ4v) is 4.33. The van der Waals surface area contributed by atoms with Crippen LogP contribution in [0.15, 0.2) is 36.4 Å². The van der Waals surface area contributed by atoms with Gasteiger partial charge in [0.05, 0.1) is 23.2 Å². The van der Waals surface area contributed by atoms with Gasteiger partial charge in [0.1, 0.15) is 17.4 Å². The number of benzene rings is 2. The maximum atomic E-state index is 14.6. The monoisotopic (exact) mass is 440 g/mol. The quantitative estimate of drug-likeness (QED) is 0.536. The number of hydrogen-bond donors (Lipinski definition) is 3. The Morgan fingerprint density at radius 2 is 2.12 bits per heavy atom. The number of nitrogens with one attached hydrogen (secondary N) is 1. The van der Waals surface area contributed by atoms with E-state index in [1.165, 1.54) is 18.2 Å². The summed E-state index contributed by atoms with van der Waals surface area (Å²) in [4.78, 5) is 22.6. The maximum Gasteiger partial charge on any atom is 0.404 e. The van der Waals surface area contributed by atoms with E-state index in [1.807, 2.05) is 30.0 Å². The number of aromatic hydroxyl groups is 1. The Bertz CT molecular complexity index is 1140. The first-order valence-corrected chi connectivity index (χ1v) is 10.4. The van der Waals surface area contributed by atoms with Gasteiger partial charge in [0.25, 0.3) is 0 Å². The first-order chi connectivity index (χ1) is 15.4. The van der Waals surface area contributed by atoms with Crippen molar-refractivity contribution in [3.63, 3.8) is 0 Å². The van der Waals surface area contributed by atoms with Gasteiger partial charge in [-0.25, -0.2) is 19.2 Å². The molecule has 1 saturated heterocycles. The highest BCUT2D eigenvalue weighted by molar-refractivity contribution is 5.92. The molecule has 8 nitrogen and oxygen atoms in total. The van der Waals surface area contributed by atoms with Crippen molar-refractivity contribution < 1.29 is 24.1 Å². The Morgan fingerprint density at radius 3 is 2.84 bits per heavy atom. The number of aromatic nitrogens is 2. The zero-order chi connectivity index (χ0) is 22.8. The summed E-state index contributed by atoms with van der Waals surface area (Å²) >= 11 is 0. The number of carboxylic acid groups (broad SMARTS) is 1. The fraction of sp³-hybridized carbons (Fsp3) is 0.348. The van der Waals surface area contributed by atoms with Gasteiger partial charge >= 0.3 is 6.09 Å². The molecule has 168 valence electrons. The van der Waals surface area contributed by atoms with Crippen molar-refractivity contribution in [1.29, 1.82) is 0 Å². The third-order valence-electron chi connectivity index (χ3n) is 5.79. The molecule has 2 heterocycles. The number of rotatable bonds is 6. The lowest BCUT2D eigenvalue weighted by molar-refractivity contribution is 0.175. The van der Waals surface area contributed by atoms with Crippen molar-refractivity contribution in [1.82, 2.24) is 15.3 Å². The second-order valence-corrected chi connectivity index (χ2v) is 7.91. The highest BCUT2D eigenvalue weighted by Gasteiger charge is 2.37. The first-order valence-electron chi connectivity index (χ1n) is 10.4. The predicted octanol–water partition coefficient (Wildman–Crippen LogP) is 3.70. The van der Waals surface area contributed by atoms with Crippen molar-refractivity contribution in [2.24, 2.45) is 0 Å². The average Bonchev–Trinajstić information content (AvgIpc) is 3.12. The molecule has 3 N–H and O–H groups in total. The van der Waals surface area contributed by atoms with E-state index in [4.69, 9.17) is 4.74 Å². The molecule has 0 saturated carbocycles. The number of hydrogen-bond acceptors (Lipinski definition) is 6. The molecular formula is C23H25FN4O4. The van der Waals surface area contributed by atoms with Crippen LogP contribution in [0.25, 0.3) is 22.3 Å². The summed E-state index contributed by atoms with van der Waals surface area (Å²) in [5.74, 6) is -0.214. The van der Waals surface area contributed by atoms with Crippen LogP contribution in [0.1, 0.15) is 18.4 Å². The molecule has 3 aromatic rings. The highest BCUT2D eigenvalue weighted by Crippen LogP contribution is 2.36. The number of aryl methyl sites for hydroxylation is 1. The highest BCUT2D eigenvalue weighted by atomic mass is 19.1. The number of ether oxygens (including phenoxy) is 1. The average molecular weight is 440 g/mol. The van der Waals surface area contributed by atoms with E-state index in [0.717, 1.165) is 10.9 Å². The number of halogens is 1. The van der Waals surface area contributed by atoms with E-state index in [1.54, 1.807) is 7.11 Å². The minimum atomic E-state index is -1.08. The second kappa shape index (κ2) is 8.96. The van der Waals surface area contributed by atoms with Gasteiger partial charge in [-0.05, 0) is 49.6 Å². The number of phenolic OH excluding ortho intramolecular Hbond substituents is 1. The van der Waals surface area contributed by atoms with Crippen LogP contribution < -0.4 is 10.2 Å². The van der Waals surface area contributed by atoms with Crippen molar-refractivity contribution in [3.8, 4) is 17.1 Å². The Morgan fingerprint density at radius 1 is 1.31 bits per heavy atom. The smallest absolute Gasteiger partial charge is 0.404 e. The molecule has 0 spiro atoms. The molecule has 1 aliphatic heterocycles. The summed E-state index contributed by atoms with van der Waals surface area (Å²) in [7, 11) is 1.60. The number of fused-ring (bicyclic) bond motifs is 1. The summed E-state index contributed by atoms with van der Waals surface area (Å²) in [5.41, 5.74) is 1.53. The van der Waals surface area contributed by atoms with E-state index in [-0.39, 0.29) is 29.2 Å². The molecule has 0 aliphatic carbocycles. The van der Waals surface area contributed by atoms with Gasteiger partial charge in [-0.2, -0.15) is 0 Å². The Labute approximate surface area is 184 Å². The largest absolute Gasteiger partial charge is 0.507 e. The second-order valence-electron chi connectivity index (χ2n) is 7.91. The summed E-state index contributed by atoms with van der Waals surface area (Å²) in [6.07, 6.45) is 0.0941. The third kappa shape index (κ3) is 4.16. The van der Waals surface area contributed by atoms with Crippen LogP contribution >= 0.6 is 0 Å². The number of nitrogens with zero attached hydrogens (tertiary/aromatic N) is 3. The molecule has 4 rings (SSSR count). The van der Waals surface area contributed by atoms with Gasteiger partial charge in [0.2, 0.25) is 0 Å². The van der Waals surface area contributed by atoms with Crippen molar-refractivity contribution in [2.75, 3.05) is 25.2 Å². The molecule has 32 heavy (non-hydrogen) atoms. The molecular weight excluding hydrogens is 415 g/mol. The molecule has 0 bridgehead atoms. The van der Waals surface area contributed by atoms with Crippen LogP contribution in [0.4, 0.5) is 15.0 Å². The topological polar surface area (TPSA) is 108 Å². The number of phenols is 1. The summed E-state index contributed by atoms with van der Waals surface area (Å²) < 4.78 is 19.9. The van der Waals surface area contributed by atoms with Gasteiger partial charge < -0.3 is 25.2 Å². The van der Waals surface area contributed by atoms with E-state index >= 15 is 0 Å². The Hall–Kier alpha value is -3.46. The van der Waals surface area contributed by atoms with E-state index in [0.29, 0.717) is 37.3 Å². The molecule has 9 heteroatoms. The van der Waals surface area contributed by atoms with Crippen molar-refractivity contribution in [2.45, 2.75) is 31.8 Å². The lowest BCUT2D eigenvalue weighted by atomic mass is 10.1. The van der Waals surface area contributed by atoms with Gasteiger partial charge in [-0.15, -0.1) is 0 Å². The van der Waals surface area contributed by atoms with Crippen molar-refractivity contribution >= 4 is 22.8 Å². The third-order valence-corrected chi connectivity index (χ3v) is 5.79. The van der Waals surface area contributed by atoms with E-state index < -0.39 is 11.9 Å². The number of anilines is 1. The van der Waals surface area contributed by atoms with Crippen LogP contribution in [0.2, 0.25) is 0 Å². The molecule has 1 aromatic heterocycles. The summed E-state index contributed by atoms with van der Waals surface area (Å²) in [6, 6.07) is 9.31. The standard InChI is InChI=1S/C23H25FN4O4/c1-13-6-7-14-17(12-13)25-21(20-15(24)4-3-5-19(20)29)27-22(14)28-10-8-16(26-23(30)31)18(28)9-11-32-2/h3-7,12,16,18,26,29H,8-11H2,1-2H3,(H,30,31)/t16-,18?/m1/s1. The van der Waals surface area contributed by atoms with Crippen LogP contribution in [0, 0.1) is 12.7 Å². The number of carbonyl (C=O) groups is 1. The predicted molar refractivity (Wildman–Crippen MR) is 119 cm³/mol. The zero-order valence-corrected chi connectivity index (χ0v) is 17.9. The summed E-state index contributed by atoms with van der Waals surface area (Å²) in [6.45, 7) is 2.94. The van der Waals surface area contributed by atoms with E-state index in [2.05, 4.69) is 15.3 Å². The number of methoxy groups -OCH3 is 1. The van der Waals surface area contributed by atoms with Gasteiger partial charge in [0, 0.05) is 25.6 Å². The minimum Gasteiger partial charge on any atom is -0.507 e. The van der Waals surface area contributed by atoms with Gasteiger partial charge in [0.15, 0.2) is 5.82 Å². The zero-order valence-electron chi connectivity index (χ0n) is 17.9. The first kappa shape index (κ1) is 21.8. The molecule has 1 unspecified atom stereocenters. The van der Waals surface area contributed by atoms with Gasteiger partial charge in [-0.3, -0.25) is 0 Å². The molecule has 0 radical (unpaired) electrons. The molecule has 1 fully saturated rings. The fourth-order valence-electron chi connectivity index (χ4n) is 4.33. The lowest BCUT2D eigenvalue weighted by Gasteiger charge is -2.30.